The van der Waals surface area contributed by atoms with E-state index in [2.05, 4.69) is 4.99 Å². The molecule has 0 saturated carbocycles. The SMILES string of the molecule is O=c1c2ccccc2c(C=NCC2CCCO2)c(O)n1-c1ccc(S(=O)(=O)N2CCOCC2)cc1. The molecule has 1 atom stereocenters. The maximum atomic E-state index is 13.3. The molecule has 1 aromatic heterocycles. The Morgan fingerprint density at radius 2 is 1.74 bits per heavy atom. The van der Waals surface area contributed by atoms with Crippen LogP contribution in [0.3, 0.4) is 0 Å². The molecule has 3 heterocycles. The number of sulfonamides is 1. The van der Waals surface area contributed by atoms with Crippen molar-refractivity contribution in [1.82, 2.24) is 8.87 Å². The smallest absolute Gasteiger partial charge is 0.265 e. The van der Waals surface area contributed by atoms with Crippen LogP contribution in [-0.2, 0) is 19.5 Å². The van der Waals surface area contributed by atoms with E-state index in [1.54, 1.807) is 30.5 Å². The lowest BCUT2D eigenvalue weighted by molar-refractivity contribution is 0.0730. The van der Waals surface area contributed by atoms with Crippen LogP contribution >= 0.6 is 0 Å². The van der Waals surface area contributed by atoms with Crippen LogP contribution in [0, 0.1) is 0 Å². The first-order chi connectivity index (χ1) is 17.0. The molecule has 184 valence electrons. The first kappa shape index (κ1) is 23.7. The summed E-state index contributed by atoms with van der Waals surface area (Å²) in [7, 11) is -3.67. The first-order valence-corrected chi connectivity index (χ1v) is 13.1. The quantitative estimate of drug-likeness (QED) is 0.524. The van der Waals surface area contributed by atoms with Crippen LogP contribution in [0.4, 0.5) is 0 Å². The molecule has 2 aliphatic heterocycles. The van der Waals surface area contributed by atoms with Crippen molar-refractivity contribution >= 4 is 27.0 Å². The molecule has 2 aliphatic rings. The van der Waals surface area contributed by atoms with Gasteiger partial charge in [0.1, 0.15) is 0 Å². The zero-order valence-corrected chi connectivity index (χ0v) is 20.0. The topological polar surface area (TPSA) is 110 Å². The van der Waals surface area contributed by atoms with Crippen LogP contribution in [0.2, 0.25) is 0 Å². The predicted molar refractivity (Wildman–Crippen MR) is 132 cm³/mol. The summed E-state index contributed by atoms with van der Waals surface area (Å²) < 4.78 is 39.3. The number of nitrogens with zero attached hydrogens (tertiary/aromatic N) is 3. The van der Waals surface area contributed by atoms with Gasteiger partial charge in [-0.2, -0.15) is 4.31 Å². The Morgan fingerprint density at radius 1 is 1.03 bits per heavy atom. The summed E-state index contributed by atoms with van der Waals surface area (Å²) in [6.45, 7) is 2.51. The van der Waals surface area contributed by atoms with E-state index < -0.39 is 15.6 Å². The van der Waals surface area contributed by atoms with Crippen LogP contribution in [0.1, 0.15) is 18.4 Å². The lowest BCUT2D eigenvalue weighted by atomic mass is 10.1. The number of hydrogen-bond acceptors (Lipinski definition) is 7. The maximum absolute atomic E-state index is 13.3. The summed E-state index contributed by atoms with van der Waals surface area (Å²) in [6.07, 6.45) is 3.60. The number of hydrogen-bond donors (Lipinski definition) is 1. The molecule has 1 N–H and O–H groups in total. The minimum absolute atomic E-state index is 0.0616. The summed E-state index contributed by atoms with van der Waals surface area (Å²) in [5.74, 6) is -0.256. The summed E-state index contributed by atoms with van der Waals surface area (Å²) in [6, 6.07) is 13.0. The van der Waals surface area contributed by atoms with Crippen molar-refractivity contribution in [3.63, 3.8) is 0 Å². The van der Waals surface area contributed by atoms with Gasteiger partial charge in [-0.15, -0.1) is 0 Å². The molecule has 1 unspecified atom stereocenters. The molecule has 5 rings (SSSR count). The summed E-state index contributed by atoms with van der Waals surface area (Å²) in [5, 5.41) is 12.2. The van der Waals surface area contributed by atoms with Crippen LogP contribution in [0.25, 0.3) is 16.5 Å². The van der Waals surface area contributed by atoms with E-state index in [1.807, 2.05) is 0 Å². The van der Waals surface area contributed by atoms with E-state index in [9.17, 15) is 18.3 Å². The van der Waals surface area contributed by atoms with E-state index in [0.717, 1.165) is 19.4 Å². The first-order valence-electron chi connectivity index (χ1n) is 11.6. The molecule has 10 heteroatoms. The van der Waals surface area contributed by atoms with Crippen molar-refractivity contribution in [3.8, 4) is 11.6 Å². The fourth-order valence-electron chi connectivity index (χ4n) is 4.48. The van der Waals surface area contributed by atoms with Gasteiger partial charge in [-0.25, -0.2) is 13.0 Å². The standard InChI is InChI=1S/C25H27N3O6S/c29-24-22-6-2-1-5-21(22)23(17-26-16-19-4-3-13-34-19)25(30)28(24)18-7-9-20(10-8-18)35(31,32)27-11-14-33-15-12-27/h1-2,5-10,17,19,30H,3-4,11-16H2. The molecule has 3 aromatic rings. The van der Waals surface area contributed by atoms with Gasteiger partial charge in [-0.3, -0.25) is 9.79 Å². The molecule has 2 fully saturated rings. The summed E-state index contributed by atoms with van der Waals surface area (Å²) >= 11 is 0. The van der Waals surface area contributed by atoms with Crippen molar-refractivity contribution in [1.29, 1.82) is 0 Å². The number of benzene rings is 2. The Kier molecular flexibility index (Phi) is 6.70. The van der Waals surface area contributed by atoms with Gasteiger partial charge in [0.25, 0.3) is 5.56 Å². The lowest BCUT2D eigenvalue weighted by Gasteiger charge is -2.26. The van der Waals surface area contributed by atoms with Gasteiger partial charge in [0.2, 0.25) is 15.9 Å². The maximum Gasteiger partial charge on any atom is 0.265 e. The number of ether oxygens (including phenoxy) is 2. The highest BCUT2D eigenvalue weighted by Crippen LogP contribution is 2.27. The van der Waals surface area contributed by atoms with Crippen molar-refractivity contribution in [2.24, 2.45) is 4.99 Å². The van der Waals surface area contributed by atoms with Crippen LogP contribution < -0.4 is 5.56 Å². The second kappa shape index (κ2) is 9.90. The van der Waals surface area contributed by atoms with E-state index in [-0.39, 0.29) is 16.9 Å². The molecule has 0 radical (unpaired) electrons. The molecular weight excluding hydrogens is 470 g/mol. The van der Waals surface area contributed by atoms with Gasteiger partial charge < -0.3 is 14.6 Å². The molecule has 0 spiro atoms. The molecule has 2 aromatic carbocycles. The van der Waals surface area contributed by atoms with Gasteiger partial charge in [0.05, 0.1) is 42.0 Å². The number of aromatic nitrogens is 1. The highest BCUT2D eigenvalue weighted by atomic mass is 32.2. The lowest BCUT2D eigenvalue weighted by Crippen LogP contribution is -2.40. The van der Waals surface area contributed by atoms with Gasteiger partial charge >= 0.3 is 0 Å². The Balaban J connectivity index is 1.53. The number of pyridine rings is 1. The van der Waals surface area contributed by atoms with Crippen molar-refractivity contribution in [2.75, 3.05) is 39.5 Å². The van der Waals surface area contributed by atoms with E-state index >= 15 is 0 Å². The Bertz CT molecular complexity index is 1400. The third kappa shape index (κ3) is 4.62. The van der Waals surface area contributed by atoms with E-state index in [4.69, 9.17) is 9.47 Å². The number of rotatable bonds is 6. The number of aliphatic imine (C=N–C) groups is 1. The van der Waals surface area contributed by atoms with Crippen LogP contribution in [0.15, 0.2) is 63.2 Å². The van der Waals surface area contributed by atoms with E-state index in [0.29, 0.717) is 54.9 Å². The monoisotopic (exact) mass is 497 g/mol. The molecule has 0 bridgehead atoms. The fourth-order valence-corrected chi connectivity index (χ4v) is 5.89. The zero-order valence-electron chi connectivity index (χ0n) is 19.2. The number of morpholine rings is 1. The molecule has 0 aliphatic carbocycles. The minimum Gasteiger partial charge on any atom is -0.494 e. The average Bonchev–Trinajstić information content (AvgIpc) is 3.41. The average molecular weight is 498 g/mol. The second-order valence-electron chi connectivity index (χ2n) is 8.56. The Labute approximate surface area is 203 Å². The Morgan fingerprint density at radius 3 is 2.43 bits per heavy atom. The molecule has 2 saturated heterocycles. The highest BCUT2D eigenvalue weighted by molar-refractivity contribution is 7.89. The largest absolute Gasteiger partial charge is 0.494 e. The predicted octanol–water partition coefficient (Wildman–Crippen LogP) is 2.32. The minimum atomic E-state index is -3.67. The van der Waals surface area contributed by atoms with Crippen LogP contribution in [-0.4, -0.2) is 74.2 Å². The van der Waals surface area contributed by atoms with Crippen molar-refractivity contribution in [3.05, 3.63) is 64.4 Å². The molecule has 35 heavy (non-hydrogen) atoms. The summed E-state index contributed by atoms with van der Waals surface area (Å²) in [5.41, 5.74) is 0.370. The third-order valence-electron chi connectivity index (χ3n) is 6.36. The second-order valence-corrected chi connectivity index (χ2v) is 10.5. The Hall–Kier alpha value is -3.05. The fraction of sp³-hybridized carbons (Fsp3) is 0.360. The van der Waals surface area contributed by atoms with E-state index in [1.165, 1.54) is 33.1 Å². The molecule has 0 amide bonds. The van der Waals surface area contributed by atoms with Crippen molar-refractivity contribution < 1.29 is 23.0 Å². The highest BCUT2D eigenvalue weighted by Gasteiger charge is 2.26. The number of aromatic hydroxyl groups is 1. The third-order valence-corrected chi connectivity index (χ3v) is 8.27. The van der Waals surface area contributed by atoms with Crippen LogP contribution in [0.5, 0.6) is 5.88 Å². The molecule has 9 nitrogen and oxygen atoms in total. The zero-order chi connectivity index (χ0) is 24.4. The number of fused-ring (bicyclic) bond motifs is 1. The van der Waals surface area contributed by atoms with Gasteiger partial charge in [-0.1, -0.05) is 18.2 Å². The van der Waals surface area contributed by atoms with Crippen molar-refractivity contribution in [2.45, 2.75) is 23.8 Å². The van der Waals surface area contributed by atoms with Gasteiger partial charge in [0, 0.05) is 36.7 Å². The van der Waals surface area contributed by atoms with Gasteiger partial charge in [-0.05, 0) is 43.2 Å². The van der Waals surface area contributed by atoms with Gasteiger partial charge in [0.15, 0.2) is 0 Å². The molecular formula is C25H27N3O6S. The summed E-state index contributed by atoms with van der Waals surface area (Å²) in [4.78, 5) is 17.9. The normalized spacial score (nSPS) is 19.6.